The topological polar surface area (TPSA) is 152 Å². The molecule has 0 aliphatic carbocycles. The van der Waals surface area contributed by atoms with Gasteiger partial charge in [-0.3, -0.25) is 19.3 Å². The van der Waals surface area contributed by atoms with Crippen molar-refractivity contribution in [3.05, 3.63) is 34.4 Å². The van der Waals surface area contributed by atoms with Crippen LogP contribution in [0.5, 0.6) is 0 Å². The summed E-state index contributed by atoms with van der Waals surface area (Å²) in [5.41, 5.74) is -1.35. The minimum Gasteiger partial charge on any atom is -0.478 e. The van der Waals surface area contributed by atoms with Gasteiger partial charge in [-0.05, 0) is 110 Å². The molecule has 3 rings (SSSR count). The second-order valence-corrected chi connectivity index (χ2v) is 15.0. The first kappa shape index (κ1) is 37.4. The van der Waals surface area contributed by atoms with Crippen LogP contribution in [0.25, 0.3) is 0 Å². The predicted molar refractivity (Wildman–Crippen MR) is 169 cm³/mol. The molecule has 0 spiro atoms. The summed E-state index contributed by atoms with van der Waals surface area (Å²) in [4.78, 5) is 61.4. The van der Waals surface area contributed by atoms with Gasteiger partial charge in [0.1, 0.15) is 0 Å². The highest BCUT2D eigenvalue weighted by atomic mass is 16.7. The van der Waals surface area contributed by atoms with Gasteiger partial charge < -0.3 is 19.7 Å². The number of carbonyl (C=O) groups excluding carboxylic acids is 2. The van der Waals surface area contributed by atoms with Crippen molar-refractivity contribution in [2.75, 3.05) is 27.4 Å². The first-order valence-corrected chi connectivity index (χ1v) is 15.8. The molecule has 0 radical (unpaired) electrons. The van der Waals surface area contributed by atoms with Crippen LogP contribution in [0.3, 0.4) is 0 Å². The highest BCUT2D eigenvalue weighted by Gasteiger charge is 2.50. The molecule has 1 aromatic rings. The highest BCUT2D eigenvalue weighted by molar-refractivity contribution is 5.98. The third-order valence-electron chi connectivity index (χ3n) is 9.26. The van der Waals surface area contributed by atoms with E-state index in [0.717, 1.165) is 0 Å². The van der Waals surface area contributed by atoms with E-state index >= 15 is 0 Å². The number of rotatable bonds is 12. The van der Waals surface area contributed by atoms with E-state index in [-0.39, 0.29) is 55.0 Å². The molecule has 2 heterocycles. The molecule has 258 valence electrons. The van der Waals surface area contributed by atoms with Crippen LogP contribution in [0.15, 0.2) is 12.1 Å². The van der Waals surface area contributed by atoms with Crippen LogP contribution in [0, 0.1) is 0 Å². The Morgan fingerprint density at radius 2 is 1.07 bits per heavy atom. The van der Waals surface area contributed by atoms with Gasteiger partial charge in [-0.2, -0.15) is 10.1 Å². The lowest BCUT2D eigenvalue weighted by Gasteiger charge is -2.55. The summed E-state index contributed by atoms with van der Waals surface area (Å²) in [5.74, 6) is -3.69. The number of hydrogen-bond donors (Lipinski definition) is 2. The average Bonchev–Trinajstić information content (AvgIpc) is 2.93. The number of carboxylic acids is 2. The second-order valence-electron chi connectivity index (χ2n) is 15.0. The number of benzene rings is 1. The highest BCUT2D eigenvalue weighted by Crippen LogP contribution is 2.51. The molecular weight excluding hydrogens is 596 g/mol. The van der Waals surface area contributed by atoms with Crippen LogP contribution in [-0.4, -0.2) is 93.8 Å². The number of piperidine rings is 2. The number of methoxy groups -OCH3 is 2. The molecule has 12 heteroatoms. The van der Waals surface area contributed by atoms with Gasteiger partial charge in [0.2, 0.25) is 0 Å². The predicted octanol–water partition coefficient (Wildman–Crippen LogP) is 5.55. The average molecular weight is 649 g/mol. The Morgan fingerprint density at radius 1 is 0.674 bits per heavy atom. The quantitative estimate of drug-likeness (QED) is 0.274. The zero-order valence-corrected chi connectivity index (χ0v) is 29.0. The summed E-state index contributed by atoms with van der Waals surface area (Å²) in [6.45, 7) is 16.3. The van der Waals surface area contributed by atoms with Gasteiger partial charge in [-0.1, -0.05) is 6.07 Å². The third-order valence-corrected chi connectivity index (χ3v) is 9.26. The lowest BCUT2D eigenvalue weighted by molar-refractivity contribution is -0.283. The monoisotopic (exact) mass is 648 g/mol. The van der Waals surface area contributed by atoms with Crippen LogP contribution in [-0.2, 0) is 28.7 Å². The van der Waals surface area contributed by atoms with Gasteiger partial charge in [0.25, 0.3) is 0 Å². The molecule has 2 saturated heterocycles. The Kier molecular flexibility index (Phi) is 11.4. The largest absolute Gasteiger partial charge is 0.478 e. The van der Waals surface area contributed by atoms with E-state index in [1.54, 1.807) is 12.1 Å². The Bertz CT molecular complexity index is 1280. The zero-order valence-electron chi connectivity index (χ0n) is 29.0. The number of carboxylic acid groups (broad SMARTS) is 2. The van der Waals surface area contributed by atoms with Gasteiger partial charge in [-0.15, -0.1) is 0 Å². The van der Waals surface area contributed by atoms with E-state index in [2.05, 4.69) is 0 Å². The maximum absolute atomic E-state index is 13.2. The number of aromatic carboxylic acids is 2. The van der Waals surface area contributed by atoms with E-state index in [1.807, 2.05) is 65.5 Å². The van der Waals surface area contributed by atoms with Crippen LogP contribution < -0.4 is 0 Å². The number of nitrogens with zero attached hydrogens (tertiary/aromatic N) is 2. The van der Waals surface area contributed by atoms with Crippen LogP contribution in [0.1, 0.15) is 138 Å². The molecule has 0 unspecified atom stereocenters. The molecular formula is C34H52N2O10. The molecule has 1 aromatic carbocycles. The van der Waals surface area contributed by atoms with Crippen molar-refractivity contribution in [1.82, 2.24) is 10.1 Å². The molecule has 46 heavy (non-hydrogen) atoms. The molecule has 2 aliphatic rings. The lowest BCUT2D eigenvalue weighted by Crippen LogP contribution is -2.60. The fraction of sp³-hybridized carbons (Fsp3) is 0.706. The van der Waals surface area contributed by atoms with Crippen molar-refractivity contribution in [2.24, 2.45) is 0 Å². The van der Waals surface area contributed by atoms with Crippen molar-refractivity contribution in [2.45, 2.75) is 128 Å². The van der Waals surface area contributed by atoms with Gasteiger partial charge in [0.15, 0.2) is 0 Å². The minimum atomic E-state index is -1.18. The van der Waals surface area contributed by atoms with E-state index in [1.165, 1.54) is 14.2 Å². The third kappa shape index (κ3) is 8.07. The van der Waals surface area contributed by atoms with E-state index in [0.29, 0.717) is 36.8 Å². The van der Waals surface area contributed by atoms with Gasteiger partial charge in [0, 0.05) is 22.2 Å². The number of esters is 2. The molecule has 0 amide bonds. The van der Waals surface area contributed by atoms with Crippen LogP contribution >= 0.6 is 0 Å². The van der Waals surface area contributed by atoms with Gasteiger partial charge in [-0.25, -0.2) is 9.59 Å². The maximum atomic E-state index is 13.2. The first-order chi connectivity index (χ1) is 21.2. The molecule has 0 bridgehead atoms. The second kappa shape index (κ2) is 14.0. The molecule has 0 saturated carbocycles. The number of hydroxylamine groups is 4. The Labute approximate surface area is 272 Å². The maximum Gasteiger partial charge on any atom is 0.336 e. The summed E-state index contributed by atoms with van der Waals surface area (Å²) in [5, 5.41) is 24.8. The van der Waals surface area contributed by atoms with Crippen molar-refractivity contribution in [3.8, 4) is 0 Å². The zero-order chi connectivity index (χ0) is 34.8. The molecule has 2 aliphatic heterocycles. The Hall–Kier alpha value is -3.06. The SMILES string of the molecule is COC(=O)CCON1C(C)(C)CC(c2ccc(C(=O)O)c(C3CC(C)(C)N(OCCC(=O)OC)C(C)(C)C3)c2C(=O)O)CC1(C)C. The first-order valence-electron chi connectivity index (χ1n) is 15.8. The molecule has 12 nitrogen and oxygen atoms in total. The van der Waals surface area contributed by atoms with Crippen LogP contribution in [0.4, 0.5) is 0 Å². The molecule has 2 N–H and O–H groups in total. The fourth-order valence-electron chi connectivity index (χ4n) is 8.12. The molecule has 0 atom stereocenters. The summed E-state index contributed by atoms with van der Waals surface area (Å²) in [6.07, 6.45) is 2.14. The van der Waals surface area contributed by atoms with Crippen molar-refractivity contribution in [1.29, 1.82) is 0 Å². The minimum absolute atomic E-state index is 0.0140. The normalized spacial score (nSPS) is 21.4. The summed E-state index contributed by atoms with van der Waals surface area (Å²) >= 11 is 0. The molecule has 0 aromatic heterocycles. The van der Waals surface area contributed by atoms with E-state index in [9.17, 15) is 29.4 Å². The van der Waals surface area contributed by atoms with Gasteiger partial charge in [0.05, 0.1) is 51.4 Å². The van der Waals surface area contributed by atoms with Crippen LogP contribution in [0.2, 0.25) is 0 Å². The Balaban J connectivity index is 2.04. The lowest BCUT2D eigenvalue weighted by atomic mass is 9.67. The Morgan fingerprint density at radius 3 is 1.41 bits per heavy atom. The number of hydrogen-bond acceptors (Lipinski definition) is 10. The number of ether oxygens (including phenoxy) is 2. The summed E-state index contributed by atoms with van der Waals surface area (Å²) in [6, 6.07) is 3.22. The van der Waals surface area contributed by atoms with Crippen molar-refractivity contribution in [3.63, 3.8) is 0 Å². The van der Waals surface area contributed by atoms with Crippen molar-refractivity contribution >= 4 is 23.9 Å². The smallest absolute Gasteiger partial charge is 0.336 e. The number of carbonyl (C=O) groups is 4. The standard InChI is InChI=1S/C34H52N2O10/c1-31(2)17-21(18-32(3,4)35(31)45-15-13-25(37)43-9)23-11-12-24(29(39)40)27(28(23)30(41)42)22-19-33(5,6)36(34(7,8)20-22)46-16-14-26(38)44-10/h11-12,21-22H,13-20H2,1-10H3,(H,39,40)(H,41,42). The van der Waals surface area contributed by atoms with Crippen molar-refractivity contribution < 1.29 is 48.5 Å². The van der Waals surface area contributed by atoms with E-state index < -0.39 is 40.0 Å². The summed E-state index contributed by atoms with van der Waals surface area (Å²) in [7, 11) is 2.65. The molecule has 2 fully saturated rings. The fourth-order valence-corrected chi connectivity index (χ4v) is 8.12. The van der Waals surface area contributed by atoms with E-state index in [4.69, 9.17) is 19.1 Å². The summed E-state index contributed by atoms with van der Waals surface area (Å²) < 4.78 is 9.48. The van der Waals surface area contributed by atoms with Gasteiger partial charge >= 0.3 is 23.9 Å².